The molecule has 0 saturated heterocycles. The smallest absolute Gasteiger partial charge is 0.283 e. The standard InChI is InChI=1S/C22H13ClFN3O3S/c23-18-5-2-6-19(24)22(18)21(28)11-14-7-8-16-13-26-27(20(16)10-14)31(29,30)17-4-1-3-15(9-17)12-25/h1-10,13H,11H2. The Balaban J connectivity index is 1.75. The molecule has 0 bridgehead atoms. The number of rotatable bonds is 5. The quantitative estimate of drug-likeness (QED) is 0.418. The fourth-order valence-electron chi connectivity index (χ4n) is 3.21. The summed E-state index contributed by atoms with van der Waals surface area (Å²) in [5, 5.41) is 13.6. The summed E-state index contributed by atoms with van der Waals surface area (Å²) in [5.41, 5.74) is 0.719. The van der Waals surface area contributed by atoms with E-state index < -0.39 is 21.6 Å². The van der Waals surface area contributed by atoms with Gasteiger partial charge in [-0.25, -0.2) is 4.39 Å². The van der Waals surface area contributed by atoms with Crippen LogP contribution in [0, 0.1) is 17.1 Å². The number of nitriles is 1. The van der Waals surface area contributed by atoms with Crippen molar-refractivity contribution in [2.24, 2.45) is 0 Å². The van der Waals surface area contributed by atoms with Gasteiger partial charge in [0.1, 0.15) is 5.82 Å². The van der Waals surface area contributed by atoms with Gasteiger partial charge in [0.25, 0.3) is 10.0 Å². The zero-order valence-corrected chi connectivity index (χ0v) is 17.4. The Morgan fingerprint density at radius 3 is 2.65 bits per heavy atom. The predicted octanol–water partition coefficient (Wildman–Crippen LogP) is 4.36. The number of Topliss-reactive ketones (excluding diaryl/α,β-unsaturated/α-hetero) is 1. The van der Waals surface area contributed by atoms with Crippen molar-refractivity contribution in [3.63, 3.8) is 0 Å². The van der Waals surface area contributed by atoms with Crippen LogP contribution in [-0.4, -0.2) is 23.4 Å². The zero-order valence-electron chi connectivity index (χ0n) is 15.8. The summed E-state index contributed by atoms with van der Waals surface area (Å²) in [6.07, 6.45) is 1.21. The normalized spacial score (nSPS) is 11.4. The Kier molecular flexibility index (Phi) is 5.31. The molecule has 0 saturated carbocycles. The molecule has 0 spiro atoms. The lowest BCUT2D eigenvalue weighted by Crippen LogP contribution is -2.14. The third-order valence-corrected chi connectivity index (χ3v) is 6.61. The Morgan fingerprint density at radius 1 is 1.13 bits per heavy atom. The fourth-order valence-corrected chi connectivity index (χ4v) is 4.79. The van der Waals surface area contributed by atoms with Crippen LogP contribution in [0.5, 0.6) is 0 Å². The number of nitrogens with zero attached hydrogens (tertiary/aromatic N) is 3. The SMILES string of the molecule is N#Cc1cccc(S(=O)(=O)n2ncc3ccc(CC(=O)c4c(F)cccc4Cl)cc32)c1. The Morgan fingerprint density at radius 2 is 1.90 bits per heavy atom. The van der Waals surface area contributed by atoms with E-state index in [2.05, 4.69) is 5.10 Å². The van der Waals surface area contributed by atoms with Gasteiger partial charge in [0, 0.05) is 11.8 Å². The van der Waals surface area contributed by atoms with Crippen LogP contribution in [0.2, 0.25) is 5.02 Å². The molecule has 0 aliphatic rings. The Hall–Kier alpha value is -3.54. The summed E-state index contributed by atoms with van der Waals surface area (Å²) >= 11 is 5.97. The molecule has 154 valence electrons. The van der Waals surface area contributed by atoms with E-state index in [4.69, 9.17) is 16.9 Å². The van der Waals surface area contributed by atoms with Gasteiger partial charge in [-0.3, -0.25) is 4.79 Å². The zero-order chi connectivity index (χ0) is 22.2. The van der Waals surface area contributed by atoms with Crippen molar-refractivity contribution >= 4 is 38.3 Å². The maximum absolute atomic E-state index is 14.1. The van der Waals surface area contributed by atoms with Gasteiger partial charge in [-0.15, -0.1) is 0 Å². The van der Waals surface area contributed by atoms with Crippen LogP contribution in [0.25, 0.3) is 10.9 Å². The van der Waals surface area contributed by atoms with Crippen molar-refractivity contribution in [1.82, 2.24) is 9.19 Å². The molecule has 6 nitrogen and oxygen atoms in total. The van der Waals surface area contributed by atoms with Crippen LogP contribution in [0.1, 0.15) is 21.5 Å². The van der Waals surface area contributed by atoms with Crippen LogP contribution in [-0.2, 0) is 16.4 Å². The molecule has 31 heavy (non-hydrogen) atoms. The van der Waals surface area contributed by atoms with E-state index in [1.54, 1.807) is 12.1 Å². The molecule has 0 atom stereocenters. The highest BCUT2D eigenvalue weighted by Gasteiger charge is 2.22. The van der Waals surface area contributed by atoms with Crippen molar-refractivity contribution in [3.05, 3.63) is 94.4 Å². The summed E-state index contributed by atoms with van der Waals surface area (Å²) in [4.78, 5) is 12.5. The predicted molar refractivity (Wildman–Crippen MR) is 113 cm³/mol. The lowest BCUT2D eigenvalue weighted by Gasteiger charge is -2.08. The molecular weight excluding hydrogens is 441 g/mol. The largest absolute Gasteiger partial charge is 0.294 e. The number of hydrogen-bond acceptors (Lipinski definition) is 5. The second kappa shape index (κ2) is 7.95. The fraction of sp³-hybridized carbons (Fsp3) is 0.0455. The lowest BCUT2D eigenvalue weighted by atomic mass is 10.0. The van der Waals surface area contributed by atoms with Gasteiger partial charge in [0.15, 0.2) is 5.78 Å². The van der Waals surface area contributed by atoms with Gasteiger partial charge in [-0.05, 0) is 42.0 Å². The molecule has 4 aromatic rings. The van der Waals surface area contributed by atoms with E-state index in [9.17, 15) is 17.6 Å². The molecule has 1 aromatic heterocycles. The van der Waals surface area contributed by atoms with E-state index in [0.717, 1.165) is 10.2 Å². The minimum atomic E-state index is -4.08. The lowest BCUT2D eigenvalue weighted by molar-refractivity contribution is 0.0989. The van der Waals surface area contributed by atoms with Crippen molar-refractivity contribution in [2.45, 2.75) is 11.3 Å². The van der Waals surface area contributed by atoms with E-state index in [-0.39, 0.29) is 33.0 Å². The molecule has 0 N–H and O–H groups in total. The molecule has 0 aliphatic heterocycles. The molecular formula is C22H13ClFN3O3S. The van der Waals surface area contributed by atoms with Crippen LogP contribution in [0.15, 0.2) is 71.8 Å². The molecule has 4 rings (SSSR count). The van der Waals surface area contributed by atoms with Gasteiger partial charge in [0.2, 0.25) is 0 Å². The number of carbonyl (C=O) groups excluding carboxylic acids is 1. The van der Waals surface area contributed by atoms with Gasteiger partial charge in [-0.2, -0.15) is 22.9 Å². The maximum Gasteiger partial charge on any atom is 0.283 e. The minimum Gasteiger partial charge on any atom is -0.294 e. The molecule has 0 radical (unpaired) electrons. The minimum absolute atomic E-state index is 0.0103. The summed E-state index contributed by atoms with van der Waals surface area (Å²) in [6, 6.07) is 16.3. The molecule has 3 aromatic carbocycles. The van der Waals surface area contributed by atoms with Crippen LogP contribution in [0.3, 0.4) is 0 Å². The number of hydrogen-bond donors (Lipinski definition) is 0. The van der Waals surface area contributed by atoms with Crippen molar-refractivity contribution in [3.8, 4) is 6.07 Å². The Labute approximate surface area is 182 Å². The first-order valence-corrected chi connectivity index (χ1v) is 10.8. The first kappa shape index (κ1) is 20.7. The van der Waals surface area contributed by atoms with Crippen LogP contribution < -0.4 is 0 Å². The third-order valence-electron chi connectivity index (χ3n) is 4.70. The number of benzene rings is 3. The molecule has 9 heteroatoms. The number of aromatic nitrogens is 2. The third kappa shape index (κ3) is 3.81. The highest BCUT2D eigenvalue weighted by molar-refractivity contribution is 7.90. The average molecular weight is 454 g/mol. The molecule has 0 unspecified atom stereocenters. The number of ketones is 1. The van der Waals surface area contributed by atoms with E-state index in [1.807, 2.05) is 6.07 Å². The Bertz CT molecular complexity index is 1470. The topological polar surface area (TPSA) is 92.8 Å². The number of carbonyl (C=O) groups is 1. The first-order chi connectivity index (χ1) is 14.8. The van der Waals surface area contributed by atoms with Gasteiger partial charge >= 0.3 is 0 Å². The highest BCUT2D eigenvalue weighted by Crippen LogP contribution is 2.25. The molecule has 0 aliphatic carbocycles. The summed E-state index contributed by atoms with van der Waals surface area (Å²) in [6.45, 7) is 0. The molecule has 0 fully saturated rings. The summed E-state index contributed by atoms with van der Waals surface area (Å²) < 4.78 is 41.1. The highest BCUT2D eigenvalue weighted by atomic mass is 35.5. The second-order valence-corrected chi connectivity index (χ2v) is 8.90. The number of fused-ring (bicyclic) bond motifs is 1. The van der Waals surface area contributed by atoms with E-state index in [1.165, 1.54) is 48.7 Å². The monoisotopic (exact) mass is 453 g/mol. The summed E-state index contributed by atoms with van der Waals surface area (Å²) in [5.74, 6) is -1.25. The second-order valence-electron chi connectivity index (χ2n) is 6.72. The first-order valence-electron chi connectivity index (χ1n) is 9.01. The van der Waals surface area contributed by atoms with Crippen LogP contribution >= 0.6 is 11.6 Å². The van der Waals surface area contributed by atoms with E-state index in [0.29, 0.717) is 10.9 Å². The number of halogens is 2. The van der Waals surface area contributed by atoms with E-state index >= 15 is 0 Å². The van der Waals surface area contributed by atoms with Gasteiger partial charge < -0.3 is 0 Å². The van der Waals surface area contributed by atoms with Crippen molar-refractivity contribution in [1.29, 1.82) is 5.26 Å². The summed E-state index contributed by atoms with van der Waals surface area (Å²) in [7, 11) is -4.08. The van der Waals surface area contributed by atoms with Gasteiger partial charge in [-0.1, -0.05) is 35.9 Å². The average Bonchev–Trinajstić information content (AvgIpc) is 3.18. The van der Waals surface area contributed by atoms with Gasteiger partial charge in [0.05, 0.1) is 38.8 Å². The van der Waals surface area contributed by atoms with Crippen LogP contribution in [0.4, 0.5) is 4.39 Å². The molecule has 0 amide bonds. The van der Waals surface area contributed by atoms with Crippen molar-refractivity contribution in [2.75, 3.05) is 0 Å². The molecule has 1 heterocycles. The van der Waals surface area contributed by atoms with Crippen molar-refractivity contribution < 1.29 is 17.6 Å². The maximum atomic E-state index is 14.1.